The minimum atomic E-state index is -0.0734. The van der Waals surface area contributed by atoms with Crippen LogP contribution in [0.25, 0.3) is 0 Å². The van der Waals surface area contributed by atoms with Crippen molar-refractivity contribution in [3.63, 3.8) is 0 Å². The van der Waals surface area contributed by atoms with Gasteiger partial charge in [-0.05, 0) is 53.4 Å². The SMILES string of the molecule is CC(C)c1nnc(C2(C)CCC(C)(OC(C)(C)C)CC2)s1. The summed E-state index contributed by atoms with van der Waals surface area (Å²) in [5, 5.41) is 11.2. The molecular weight excluding hydrogens is 280 g/mol. The Kier molecular flexibility index (Phi) is 4.52. The molecule has 0 saturated heterocycles. The van der Waals surface area contributed by atoms with Crippen molar-refractivity contribution >= 4 is 11.3 Å². The van der Waals surface area contributed by atoms with Crippen LogP contribution in [-0.2, 0) is 10.2 Å². The summed E-state index contributed by atoms with van der Waals surface area (Å²) in [5.41, 5.74) is 0.102. The largest absolute Gasteiger partial charge is 0.370 e. The van der Waals surface area contributed by atoms with Gasteiger partial charge in [0, 0.05) is 11.3 Å². The zero-order valence-electron chi connectivity index (χ0n) is 14.6. The summed E-state index contributed by atoms with van der Waals surface area (Å²) in [5.74, 6) is 0.470. The molecule has 1 heterocycles. The van der Waals surface area contributed by atoms with Crippen LogP contribution in [0.15, 0.2) is 0 Å². The maximum atomic E-state index is 6.31. The van der Waals surface area contributed by atoms with Crippen molar-refractivity contribution in [2.75, 3.05) is 0 Å². The number of ether oxygens (including phenoxy) is 1. The van der Waals surface area contributed by atoms with E-state index in [1.165, 1.54) is 5.01 Å². The molecule has 1 saturated carbocycles. The van der Waals surface area contributed by atoms with Gasteiger partial charge >= 0.3 is 0 Å². The molecule has 0 radical (unpaired) electrons. The van der Waals surface area contributed by atoms with Gasteiger partial charge in [-0.3, -0.25) is 0 Å². The van der Waals surface area contributed by atoms with Crippen molar-refractivity contribution < 1.29 is 4.74 Å². The normalized spacial score (nSPS) is 30.9. The zero-order valence-corrected chi connectivity index (χ0v) is 15.4. The van der Waals surface area contributed by atoms with Crippen molar-refractivity contribution in [3.8, 4) is 0 Å². The summed E-state index contributed by atoms with van der Waals surface area (Å²) in [4.78, 5) is 0. The van der Waals surface area contributed by atoms with Crippen LogP contribution >= 0.6 is 11.3 Å². The van der Waals surface area contributed by atoms with Gasteiger partial charge in [0.2, 0.25) is 0 Å². The van der Waals surface area contributed by atoms with E-state index in [1.807, 2.05) is 0 Å². The van der Waals surface area contributed by atoms with E-state index in [0.29, 0.717) is 5.92 Å². The van der Waals surface area contributed by atoms with Gasteiger partial charge < -0.3 is 4.74 Å². The summed E-state index contributed by atoms with van der Waals surface area (Å²) in [6, 6.07) is 0. The summed E-state index contributed by atoms with van der Waals surface area (Å²) < 4.78 is 6.31. The van der Waals surface area contributed by atoms with Crippen LogP contribution in [0.5, 0.6) is 0 Å². The molecule has 0 aliphatic heterocycles. The van der Waals surface area contributed by atoms with E-state index >= 15 is 0 Å². The molecule has 1 aromatic rings. The lowest BCUT2D eigenvalue weighted by Gasteiger charge is -2.44. The fourth-order valence-corrected chi connectivity index (χ4v) is 4.15. The lowest BCUT2D eigenvalue weighted by Crippen LogP contribution is -2.43. The van der Waals surface area contributed by atoms with E-state index in [1.54, 1.807) is 11.3 Å². The molecule has 0 unspecified atom stereocenters. The van der Waals surface area contributed by atoms with Gasteiger partial charge in [-0.15, -0.1) is 21.5 Å². The van der Waals surface area contributed by atoms with Gasteiger partial charge in [-0.25, -0.2) is 0 Å². The number of hydrogen-bond donors (Lipinski definition) is 0. The van der Waals surface area contributed by atoms with Crippen molar-refractivity contribution in [2.24, 2.45) is 0 Å². The first-order chi connectivity index (χ1) is 9.53. The Hall–Kier alpha value is -0.480. The maximum absolute atomic E-state index is 6.31. The van der Waals surface area contributed by atoms with Gasteiger partial charge in [0.25, 0.3) is 0 Å². The summed E-state index contributed by atoms with van der Waals surface area (Å²) in [6.45, 7) is 15.4. The highest BCUT2D eigenvalue weighted by molar-refractivity contribution is 7.11. The highest BCUT2D eigenvalue weighted by atomic mass is 32.1. The van der Waals surface area contributed by atoms with Crippen molar-refractivity contribution in [2.45, 2.75) is 96.7 Å². The first-order valence-electron chi connectivity index (χ1n) is 8.07. The summed E-state index contributed by atoms with van der Waals surface area (Å²) in [7, 11) is 0. The number of rotatable bonds is 3. The summed E-state index contributed by atoms with van der Waals surface area (Å²) in [6.07, 6.45) is 4.45. The molecule has 3 nitrogen and oxygen atoms in total. The third kappa shape index (κ3) is 4.04. The van der Waals surface area contributed by atoms with Crippen LogP contribution in [0.2, 0.25) is 0 Å². The molecular formula is C17H30N2OS. The number of aromatic nitrogens is 2. The van der Waals surface area contributed by atoms with Gasteiger partial charge in [0.1, 0.15) is 10.0 Å². The Morgan fingerprint density at radius 1 is 1.05 bits per heavy atom. The molecule has 0 atom stereocenters. The third-order valence-electron chi connectivity index (χ3n) is 4.41. The Balaban J connectivity index is 2.07. The smallest absolute Gasteiger partial charge is 0.123 e. The van der Waals surface area contributed by atoms with E-state index in [9.17, 15) is 0 Å². The van der Waals surface area contributed by atoms with Crippen LogP contribution in [0, 0.1) is 0 Å². The first kappa shape index (κ1) is 16.9. The average molecular weight is 311 g/mol. The second-order valence-corrected chi connectivity index (χ2v) is 9.33. The average Bonchev–Trinajstić information content (AvgIpc) is 2.81. The molecule has 0 N–H and O–H groups in total. The Morgan fingerprint density at radius 3 is 2.05 bits per heavy atom. The predicted octanol–water partition coefficient (Wildman–Crippen LogP) is 5.07. The monoisotopic (exact) mass is 310 g/mol. The van der Waals surface area contributed by atoms with Crippen molar-refractivity contribution in [3.05, 3.63) is 10.0 Å². The predicted molar refractivity (Wildman–Crippen MR) is 89.1 cm³/mol. The van der Waals surface area contributed by atoms with Crippen LogP contribution in [0.1, 0.15) is 90.1 Å². The fourth-order valence-electron chi connectivity index (χ4n) is 3.10. The van der Waals surface area contributed by atoms with E-state index in [4.69, 9.17) is 4.74 Å². The van der Waals surface area contributed by atoms with Gasteiger partial charge in [-0.2, -0.15) is 0 Å². The topological polar surface area (TPSA) is 35.0 Å². The quantitative estimate of drug-likeness (QED) is 0.782. The van der Waals surface area contributed by atoms with E-state index < -0.39 is 0 Å². The maximum Gasteiger partial charge on any atom is 0.123 e. The number of hydrogen-bond acceptors (Lipinski definition) is 4. The Morgan fingerprint density at radius 2 is 1.62 bits per heavy atom. The van der Waals surface area contributed by atoms with E-state index in [2.05, 4.69) is 58.7 Å². The lowest BCUT2D eigenvalue weighted by atomic mass is 9.70. The minimum Gasteiger partial charge on any atom is -0.370 e. The van der Waals surface area contributed by atoms with Gasteiger partial charge in [-0.1, -0.05) is 20.8 Å². The van der Waals surface area contributed by atoms with Crippen molar-refractivity contribution in [1.82, 2.24) is 10.2 Å². The molecule has 0 spiro atoms. The zero-order chi connectivity index (χ0) is 15.9. The Bertz CT molecular complexity index is 479. The lowest BCUT2D eigenvalue weighted by molar-refractivity contribution is -0.144. The van der Waals surface area contributed by atoms with Crippen molar-refractivity contribution in [1.29, 1.82) is 0 Å². The van der Waals surface area contributed by atoms with Gasteiger partial charge in [0.15, 0.2) is 0 Å². The molecule has 1 fully saturated rings. The Labute approximate surface area is 133 Å². The second kappa shape index (κ2) is 5.62. The molecule has 0 amide bonds. The second-order valence-electron chi connectivity index (χ2n) is 8.33. The molecule has 1 aromatic heterocycles. The molecule has 120 valence electrons. The third-order valence-corrected chi connectivity index (χ3v) is 5.94. The standard InChI is InChI=1S/C17H30N2OS/c1-12(2)13-18-19-14(21-13)16(6)8-10-17(7,11-9-16)20-15(3,4)5/h12H,8-11H2,1-7H3. The van der Waals surface area contributed by atoms with Gasteiger partial charge in [0.05, 0.1) is 11.2 Å². The first-order valence-corrected chi connectivity index (χ1v) is 8.89. The highest BCUT2D eigenvalue weighted by Crippen LogP contribution is 2.46. The molecule has 1 aliphatic carbocycles. The molecule has 4 heteroatoms. The highest BCUT2D eigenvalue weighted by Gasteiger charge is 2.42. The molecule has 2 rings (SSSR count). The summed E-state index contributed by atoms with van der Waals surface area (Å²) >= 11 is 1.80. The van der Waals surface area contributed by atoms with Crippen LogP contribution in [0.4, 0.5) is 0 Å². The molecule has 1 aliphatic rings. The van der Waals surface area contributed by atoms with Crippen LogP contribution in [-0.4, -0.2) is 21.4 Å². The molecule has 21 heavy (non-hydrogen) atoms. The van der Waals surface area contributed by atoms with Crippen LogP contribution < -0.4 is 0 Å². The fraction of sp³-hybridized carbons (Fsp3) is 0.882. The molecule has 0 aromatic carbocycles. The molecule has 0 bridgehead atoms. The van der Waals surface area contributed by atoms with E-state index in [-0.39, 0.29) is 16.6 Å². The van der Waals surface area contributed by atoms with E-state index in [0.717, 1.165) is 30.7 Å². The van der Waals surface area contributed by atoms with Crippen LogP contribution in [0.3, 0.4) is 0 Å². The minimum absolute atomic E-state index is 0.00330. The number of nitrogens with zero attached hydrogens (tertiary/aromatic N) is 2.